The summed E-state index contributed by atoms with van der Waals surface area (Å²) >= 11 is 0. The Bertz CT molecular complexity index is 930. The molecule has 0 bridgehead atoms. The highest BCUT2D eigenvalue weighted by Gasteiger charge is 2.22. The van der Waals surface area contributed by atoms with Gasteiger partial charge in [-0.25, -0.2) is 0 Å². The van der Waals surface area contributed by atoms with E-state index in [1.165, 1.54) is 0 Å². The van der Waals surface area contributed by atoms with E-state index in [4.69, 9.17) is 0 Å². The van der Waals surface area contributed by atoms with Gasteiger partial charge in [-0.05, 0) is 48.4 Å². The molecule has 4 heteroatoms. The standard InChI is InChI=1S/C22H24N2O2/c1-15-10-12-24(13-11-15)21(25)17-8-6-16(7-9-17)20-14-23(2)22(26)19-5-3-4-18(19)20/h3-4,6-9,14-15H,5,10-13H2,1-2H3. The van der Waals surface area contributed by atoms with Crippen LogP contribution in [0, 0.1) is 5.92 Å². The Morgan fingerprint density at radius 3 is 2.50 bits per heavy atom. The van der Waals surface area contributed by atoms with Crippen molar-refractivity contribution in [1.29, 1.82) is 0 Å². The van der Waals surface area contributed by atoms with Gasteiger partial charge in [0.15, 0.2) is 0 Å². The molecule has 1 saturated heterocycles. The zero-order chi connectivity index (χ0) is 18.3. The molecule has 0 unspecified atom stereocenters. The summed E-state index contributed by atoms with van der Waals surface area (Å²) in [5.41, 5.74) is 4.75. The first-order valence-electron chi connectivity index (χ1n) is 9.33. The Balaban J connectivity index is 1.62. The zero-order valence-electron chi connectivity index (χ0n) is 15.4. The second-order valence-corrected chi connectivity index (χ2v) is 7.51. The largest absolute Gasteiger partial charge is 0.339 e. The van der Waals surface area contributed by atoms with Gasteiger partial charge in [0, 0.05) is 43.0 Å². The summed E-state index contributed by atoms with van der Waals surface area (Å²) in [4.78, 5) is 26.9. The first-order valence-corrected chi connectivity index (χ1v) is 9.33. The number of carbonyl (C=O) groups excluding carboxylic acids is 1. The molecule has 1 aliphatic carbocycles. The fourth-order valence-electron chi connectivity index (χ4n) is 3.91. The number of amides is 1. The molecule has 0 spiro atoms. The number of benzene rings is 1. The molecule has 0 saturated carbocycles. The van der Waals surface area contributed by atoms with Gasteiger partial charge in [0.05, 0.1) is 0 Å². The van der Waals surface area contributed by atoms with Crippen LogP contribution in [0.15, 0.2) is 41.3 Å². The van der Waals surface area contributed by atoms with Gasteiger partial charge >= 0.3 is 0 Å². The first kappa shape index (κ1) is 16.8. The average Bonchev–Trinajstić information content (AvgIpc) is 3.15. The lowest BCUT2D eigenvalue weighted by Gasteiger charge is -2.30. The smallest absolute Gasteiger partial charge is 0.254 e. The van der Waals surface area contributed by atoms with Crippen LogP contribution in [0.25, 0.3) is 17.2 Å². The van der Waals surface area contributed by atoms with Crippen molar-refractivity contribution in [3.63, 3.8) is 0 Å². The van der Waals surface area contributed by atoms with Crippen LogP contribution < -0.4 is 5.56 Å². The highest BCUT2D eigenvalue weighted by Crippen LogP contribution is 2.29. The highest BCUT2D eigenvalue weighted by molar-refractivity contribution is 5.95. The van der Waals surface area contributed by atoms with Crippen molar-refractivity contribution in [1.82, 2.24) is 9.47 Å². The van der Waals surface area contributed by atoms with E-state index in [1.54, 1.807) is 11.6 Å². The number of hydrogen-bond donors (Lipinski definition) is 0. The Morgan fingerprint density at radius 1 is 1.12 bits per heavy atom. The van der Waals surface area contributed by atoms with E-state index in [9.17, 15) is 9.59 Å². The summed E-state index contributed by atoms with van der Waals surface area (Å²) in [6, 6.07) is 7.80. The van der Waals surface area contributed by atoms with E-state index in [-0.39, 0.29) is 11.5 Å². The summed E-state index contributed by atoms with van der Waals surface area (Å²) in [7, 11) is 1.79. The van der Waals surface area contributed by atoms with Crippen molar-refractivity contribution >= 4 is 12.0 Å². The van der Waals surface area contributed by atoms with Crippen molar-refractivity contribution in [2.75, 3.05) is 13.1 Å². The number of likely N-dealkylation sites (tertiary alicyclic amines) is 1. The molecule has 2 aliphatic rings. The minimum Gasteiger partial charge on any atom is -0.339 e. The third-order valence-electron chi connectivity index (χ3n) is 5.64. The molecular weight excluding hydrogens is 324 g/mol. The molecule has 4 nitrogen and oxygen atoms in total. The van der Waals surface area contributed by atoms with Crippen LogP contribution >= 0.6 is 0 Å². The molecule has 1 aromatic heterocycles. The summed E-state index contributed by atoms with van der Waals surface area (Å²) in [5.74, 6) is 0.829. The van der Waals surface area contributed by atoms with Gasteiger partial charge in [-0.3, -0.25) is 9.59 Å². The summed E-state index contributed by atoms with van der Waals surface area (Å²) in [6.07, 6.45) is 8.81. The average molecular weight is 348 g/mol. The Morgan fingerprint density at radius 2 is 1.81 bits per heavy atom. The molecule has 2 aromatic rings. The molecule has 1 amide bonds. The summed E-state index contributed by atoms with van der Waals surface area (Å²) in [6.45, 7) is 3.94. The van der Waals surface area contributed by atoms with Gasteiger partial charge in [0.25, 0.3) is 11.5 Å². The molecule has 0 atom stereocenters. The SMILES string of the molecule is CC1CCN(C(=O)c2ccc(-c3cn(C)c(=O)c4c3C=CC4)cc2)CC1. The van der Waals surface area contributed by atoms with E-state index in [0.717, 1.165) is 53.7 Å². The quantitative estimate of drug-likeness (QED) is 0.834. The number of aromatic nitrogens is 1. The number of nitrogens with zero attached hydrogens (tertiary/aromatic N) is 2. The molecule has 1 aromatic carbocycles. The highest BCUT2D eigenvalue weighted by atomic mass is 16.2. The van der Waals surface area contributed by atoms with E-state index in [2.05, 4.69) is 6.92 Å². The second-order valence-electron chi connectivity index (χ2n) is 7.51. The van der Waals surface area contributed by atoms with Gasteiger partial charge in [-0.1, -0.05) is 31.2 Å². The number of hydrogen-bond acceptors (Lipinski definition) is 2. The van der Waals surface area contributed by atoms with Gasteiger partial charge < -0.3 is 9.47 Å². The lowest BCUT2D eigenvalue weighted by atomic mass is 9.97. The van der Waals surface area contributed by atoms with Crippen molar-refractivity contribution < 1.29 is 4.79 Å². The molecule has 2 heterocycles. The van der Waals surface area contributed by atoms with Crippen molar-refractivity contribution in [3.8, 4) is 11.1 Å². The predicted molar refractivity (Wildman–Crippen MR) is 104 cm³/mol. The predicted octanol–water partition coefficient (Wildman–Crippen LogP) is 3.49. The monoisotopic (exact) mass is 348 g/mol. The Labute approximate surface area is 153 Å². The molecule has 1 fully saturated rings. The van der Waals surface area contributed by atoms with Crippen LogP contribution in [0.4, 0.5) is 0 Å². The number of carbonyl (C=O) groups is 1. The topological polar surface area (TPSA) is 42.3 Å². The van der Waals surface area contributed by atoms with Crippen LogP contribution in [0.3, 0.4) is 0 Å². The number of fused-ring (bicyclic) bond motifs is 1. The van der Waals surface area contributed by atoms with E-state index >= 15 is 0 Å². The Kier molecular flexibility index (Phi) is 4.27. The van der Waals surface area contributed by atoms with E-state index in [1.807, 2.05) is 47.5 Å². The summed E-state index contributed by atoms with van der Waals surface area (Å²) in [5, 5.41) is 0. The lowest BCUT2D eigenvalue weighted by molar-refractivity contribution is 0.0697. The van der Waals surface area contributed by atoms with Crippen LogP contribution in [-0.2, 0) is 13.5 Å². The van der Waals surface area contributed by atoms with Crippen LogP contribution in [0.1, 0.15) is 41.3 Å². The van der Waals surface area contributed by atoms with Gasteiger partial charge in [-0.2, -0.15) is 0 Å². The fraction of sp³-hybridized carbons (Fsp3) is 0.364. The van der Waals surface area contributed by atoms with Crippen LogP contribution in [-0.4, -0.2) is 28.5 Å². The minimum absolute atomic E-state index is 0.0693. The number of allylic oxidation sites excluding steroid dienone is 1. The van der Waals surface area contributed by atoms with Gasteiger partial charge in [-0.15, -0.1) is 0 Å². The molecule has 0 N–H and O–H groups in total. The van der Waals surface area contributed by atoms with E-state index in [0.29, 0.717) is 12.3 Å². The third kappa shape index (κ3) is 2.90. The maximum atomic E-state index is 12.7. The number of piperidine rings is 1. The number of rotatable bonds is 2. The molecule has 26 heavy (non-hydrogen) atoms. The molecule has 134 valence electrons. The third-order valence-corrected chi connectivity index (χ3v) is 5.64. The first-order chi connectivity index (χ1) is 12.5. The maximum Gasteiger partial charge on any atom is 0.254 e. The number of pyridine rings is 1. The summed E-state index contributed by atoms with van der Waals surface area (Å²) < 4.78 is 1.65. The molecule has 0 radical (unpaired) electrons. The number of aryl methyl sites for hydroxylation is 1. The minimum atomic E-state index is 0.0693. The second kappa shape index (κ2) is 6.60. The fourth-order valence-corrected chi connectivity index (χ4v) is 3.91. The van der Waals surface area contributed by atoms with Gasteiger partial charge in [0.1, 0.15) is 0 Å². The molecular formula is C22H24N2O2. The molecule has 4 rings (SSSR count). The normalized spacial score (nSPS) is 16.8. The van der Waals surface area contributed by atoms with Gasteiger partial charge in [0.2, 0.25) is 0 Å². The Hall–Kier alpha value is -2.62. The van der Waals surface area contributed by atoms with Crippen LogP contribution in [0.2, 0.25) is 0 Å². The lowest BCUT2D eigenvalue weighted by Crippen LogP contribution is -2.37. The van der Waals surface area contributed by atoms with E-state index < -0.39 is 0 Å². The van der Waals surface area contributed by atoms with Crippen molar-refractivity contribution in [3.05, 3.63) is 63.6 Å². The van der Waals surface area contributed by atoms with Crippen molar-refractivity contribution in [2.24, 2.45) is 13.0 Å². The molecule has 1 aliphatic heterocycles. The maximum absolute atomic E-state index is 12.7. The van der Waals surface area contributed by atoms with Crippen molar-refractivity contribution in [2.45, 2.75) is 26.2 Å². The van der Waals surface area contributed by atoms with Crippen LogP contribution in [0.5, 0.6) is 0 Å². The zero-order valence-corrected chi connectivity index (χ0v) is 15.4.